The first-order chi connectivity index (χ1) is 14.6. The maximum absolute atomic E-state index is 13.2. The predicted octanol–water partition coefficient (Wildman–Crippen LogP) is 3.69. The Labute approximate surface area is 174 Å². The second kappa shape index (κ2) is 9.04. The van der Waals surface area contributed by atoms with E-state index >= 15 is 0 Å². The number of aromatic nitrogens is 4. The lowest BCUT2D eigenvalue weighted by Gasteiger charge is -2.34. The number of anilines is 1. The molecule has 0 spiro atoms. The molecule has 1 aliphatic heterocycles. The molecule has 30 heavy (non-hydrogen) atoms. The number of hydrogen-bond acceptors (Lipinski definition) is 6. The molecular formula is C22H23FN6O. The first-order valence-corrected chi connectivity index (χ1v) is 10.0. The van der Waals surface area contributed by atoms with E-state index in [-0.39, 0.29) is 17.8 Å². The fourth-order valence-electron chi connectivity index (χ4n) is 3.65. The number of nitrogens with one attached hydrogen (secondary N) is 1. The number of likely N-dealkylation sites (tertiary alicyclic amines) is 1. The molecule has 1 unspecified atom stereocenters. The summed E-state index contributed by atoms with van der Waals surface area (Å²) < 4.78 is 13.2. The third-order valence-corrected chi connectivity index (χ3v) is 5.08. The number of nitrogens with zero attached hydrogens (tertiary/aromatic N) is 5. The van der Waals surface area contributed by atoms with Crippen molar-refractivity contribution in [2.24, 2.45) is 0 Å². The highest BCUT2D eigenvalue weighted by Crippen LogP contribution is 2.30. The van der Waals surface area contributed by atoms with E-state index in [0.717, 1.165) is 37.2 Å². The Bertz CT molecular complexity index is 1010. The molecule has 4 heterocycles. The summed E-state index contributed by atoms with van der Waals surface area (Å²) in [6, 6.07) is 10.1. The first kappa shape index (κ1) is 20.0. The van der Waals surface area contributed by atoms with Gasteiger partial charge in [-0.25, -0.2) is 19.3 Å². The fraction of sp³-hybridized carbons (Fsp3) is 0.318. The number of pyridine rings is 2. The maximum atomic E-state index is 13.2. The van der Waals surface area contributed by atoms with E-state index in [4.69, 9.17) is 0 Å². The monoisotopic (exact) mass is 406 g/mol. The van der Waals surface area contributed by atoms with Crippen molar-refractivity contribution in [1.29, 1.82) is 0 Å². The molecule has 0 aliphatic carbocycles. The standard InChI is InChI=1S/C22H23FN6O/c1-15-12-18(22(30)28-20-7-2-4-10-24-20)27-21(26-15)19-6-3-5-11-29(19)14-17-9-8-16(23)13-25-17/h2,4,7-10,12-13,19H,3,5-6,11,14H2,1H3,(H,24,28,30). The van der Waals surface area contributed by atoms with Crippen LogP contribution in [0, 0.1) is 12.7 Å². The van der Waals surface area contributed by atoms with Gasteiger partial charge in [0.2, 0.25) is 0 Å². The van der Waals surface area contributed by atoms with Gasteiger partial charge in [-0.15, -0.1) is 0 Å². The van der Waals surface area contributed by atoms with E-state index in [0.29, 0.717) is 23.9 Å². The first-order valence-electron chi connectivity index (χ1n) is 10.0. The molecule has 0 aromatic carbocycles. The average molecular weight is 406 g/mol. The van der Waals surface area contributed by atoms with E-state index < -0.39 is 0 Å². The summed E-state index contributed by atoms with van der Waals surface area (Å²) in [5.74, 6) is 0.438. The summed E-state index contributed by atoms with van der Waals surface area (Å²) >= 11 is 0. The average Bonchev–Trinajstić information content (AvgIpc) is 2.76. The second-order valence-corrected chi connectivity index (χ2v) is 7.37. The largest absolute Gasteiger partial charge is 0.305 e. The SMILES string of the molecule is Cc1cc(C(=O)Nc2ccccn2)nc(C2CCCCN2Cc2ccc(F)cn2)n1. The zero-order chi connectivity index (χ0) is 20.9. The van der Waals surface area contributed by atoms with Crippen LogP contribution in [0.1, 0.15) is 53.0 Å². The molecule has 1 aliphatic rings. The van der Waals surface area contributed by atoms with Gasteiger partial charge in [-0.3, -0.25) is 14.7 Å². The number of halogens is 1. The van der Waals surface area contributed by atoms with Gasteiger partial charge >= 0.3 is 0 Å². The second-order valence-electron chi connectivity index (χ2n) is 7.37. The molecule has 3 aromatic rings. The summed E-state index contributed by atoms with van der Waals surface area (Å²) in [6.45, 7) is 3.31. The number of hydrogen-bond donors (Lipinski definition) is 1. The van der Waals surface area contributed by atoms with E-state index in [1.165, 1.54) is 12.3 Å². The van der Waals surface area contributed by atoms with Crippen LogP contribution >= 0.6 is 0 Å². The van der Waals surface area contributed by atoms with Crippen molar-refractivity contribution in [3.05, 3.63) is 77.5 Å². The Morgan fingerprint density at radius 1 is 1.20 bits per heavy atom. The Hall–Kier alpha value is -3.26. The lowest BCUT2D eigenvalue weighted by atomic mass is 10.0. The highest BCUT2D eigenvalue weighted by molar-refractivity contribution is 6.02. The van der Waals surface area contributed by atoms with Crippen LogP contribution < -0.4 is 5.32 Å². The Balaban J connectivity index is 1.56. The lowest BCUT2D eigenvalue weighted by molar-refractivity contribution is 0.101. The van der Waals surface area contributed by atoms with Gasteiger partial charge in [0.15, 0.2) is 0 Å². The Morgan fingerprint density at radius 2 is 2.10 bits per heavy atom. The molecule has 154 valence electrons. The van der Waals surface area contributed by atoms with Crippen LogP contribution in [0.15, 0.2) is 48.8 Å². The van der Waals surface area contributed by atoms with Gasteiger partial charge in [-0.1, -0.05) is 12.5 Å². The number of amides is 1. The highest BCUT2D eigenvalue weighted by Gasteiger charge is 2.27. The number of aryl methyl sites for hydroxylation is 1. The van der Waals surface area contributed by atoms with E-state index in [1.54, 1.807) is 30.5 Å². The van der Waals surface area contributed by atoms with Crippen molar-refractivity contribution in [3.8, 4) is 0 Å². The number of piperidine rings is 1. The highest BCUT2D eigenvalue weighted by atomic mass is 19.1. The molecule has 1 N–H and O–H groups in total. The van der Waals surface area contributed by atoms with Gasteiger partial charge in [-0.2, -0.15) is 0 Å². The molecule has 0 saturated carbocycles. The van der Waals surface area contributed by atoms with Crippen molar-refractivity contribution in [2.45, 2.75) is 38.8 Å². The molecule has 1 atom stereocenters. The fourth-order valence-corrected chi connectivity index (χ4v) is 3.65. The Morgan fingerprint density at radius 3 is 2.87 bits per heavy atom. The zero-order valence-electron chi connectivity index (χ0n) is 16.8. The maximum Gasteiger partial charge on any atom is 0.275 e. The van der Waals surface area contributed by atoms with Gasteiger partial charge < -0.3 is 5.32 Å². The summed E-state index contributed by atoms with van der Waals surface area (Å²) in [7, 11) is 0. The quantitative estimate of drug-likeness (QED) is 0.696. The Kier molecular flexibility index (Phi) is 6.04. The summed E-state index contributed by atoms with van der Waals surface area (Å²) in [6.07, 6.45) is 5.88. The molecule has 0 radical (unpaired) electrons. The molecule has 1 fully saturated rings. The van der Waals surface area contributed by atoms with Crippen LogP contribution in [0.5, 0.6) is 0 Å². The summed E-state index contributed by atoms with van der Waals surface area (Å²) in [5, 5.41) is 2.77. The van der Waals surface area contributed by atoms with Crippen LogP contribution in [0.2, 0.25) is 0 Å². The van der Waals surface area contributed by atoms with Gasteiger partial charge in [0.05, 0.1) is 17.9 Å². The molecule has 0 bridgehead atoms. The van der Waals surface area contributed by atoms with Crippen molar-refractivity contribution < 1.29 is 9.18 Å². The third-order valence-electron chi connectivity index (χ3n) is 5.08. The lowest BCUT2D eigenvalue weighted by Crippen LogP contribution is -2.34. The molecular weight excluding hydrogens is 383 g/mol. The minimum atomic E-state index is -0.348. The van der Waals surface area contributed by atoms with Crippen LogP contribution in [0.25, 0.3) is 0 Å². The van der Waals surface area contributed by atoms with E-state index in [1.807, 2.05) is 13.0 Å². The van der Waals surface area contributed by atoms with Crippen LogP contribution in [-0.2, 0) is 6.54 Å². The van der Waals surface area contributed by atoms with E-state index in [2.05, 4.69) is 30.2 Å². The third kappa shape index (κ3) is 4.83. The number of rotatable bonds is 5. The van der Waals surface area contributed by atoms with Crippen LogP contribution in [0.4, 0.5) is 10.2 Å². The van der Waals surface area contributed by atoms with E-state index in [9.17, 15) is 9.18 Å². The van der Waals surface area contributed by atoms with Gasteiger partial charge in [0.25, 0.3) is 5.91 Å². The van der Waals surface area contributed by atoms with Crippen molar-refractivity contribution >= 4 is 11.7 Å². The zero-order valence-corrected chi connectivity index (χ0v) is 16.8. The smallest absolute Gasteiger partial charge is 0.275 e. The molecule has 7 nitrogen and oxygen atoms in total. The minimum absolute atomic E-state index is 0.0214. The number of carbonyl (C=O) groups excluding carboxylic acids is 1. The topological polar surface area (TPSA) is 83.9 Å². The molecule has 8 heteroatoms. The summed E-state index contributed by atoms with van der Waals surface area (Å²) in [4.78, 5) is 32.5. The van der Waals surface area contributed by atoms with Crippen molar-refractivity contribution in [1.82, 2.24) is 24.8 Å². The predicted molar refractivity (Wildman–Crippen MR) is 110 cm³/mol. The molecule has 1 saturated heterocycles. The van der Waals surface area contributed by atoms with Gasteiger partial charge in [0.1, 0.15) is 23.2 Å². The van der Waals surface area contributed by atoms with Gasteiger partial charge in [-0.05, 0) is 56.6 Å². The normalized spacial score (nSPS) is 16.9. The molecule has 4 rings (SSSR count). The summed E-state index contributed by atoms with van der Waals surface area (Å²) in [5.41, 5.74) is 1.84. The molecule has 3 aromatic heterocycles. The number of carbonyl (C=O) groups is 1. The van der Waals surface area contributed by atoms with Gasteiger partial charge in [0, 0.05) is 18.4 Å². The van der Waals surface area contributed by atoms with Crippen molar-refractivity contribution in [2.75, 3.05) is 11.9 Å². The van der Waals surface area contributed by atoms with Crippen LogP contribution in [0.3, 0.4) is 0 Å². The van der Waals surface area contributed by atoms with Crippen LogP contribution in [-0.4, -0.2) is 37.3 Å². The minimum Gasteiger partial charge on any atom is -0.305 e. The molecule has 1 amide bonds. The van der Waals surface area contributed by atoms with Crippen molar-refractivity contribution in [3.63, 3.8) is 0 Å².